The van der Waals surface area contributed by atoms with Crippen LogP contribution in [0.3, 0.4) is 0 Å². The fourth-order valence-electron chi connectivity index (χ4n) is 3.86. The molecule has 1 aromatic carbocycles. The molecule has 2 saturated heterocycles. The molecule has 0 amide bonds. The molecule has 2 aliphatic heterocycles. The molecule has 2 bridgehead atoms. The first-order chi connectivity index (χ1) is 9.72. The molecule has 2 heterocycles. The van der Waals surface area contributed by atoms with E-state index in [0.29, 0.717) is 12.0 Å². The second-order valence-corrected chi connectivity index (χ2v) is 6.03. The van der Waals surface area contributed by atoms with Crippen molar-refractivity contribution in [1.82, 2.24) is 5.32 Å². The van der Waals surface area contributed by atoms with E-state index >= 15 is 0 Å². The summed E-state index contributed by atoms with van der Waals surface area (Å²) in [4.78, 5) is 12.2. The van der Waals surface area contributed by atoms with Gasteiger partial charge in [-0.25, -0.2) is 0 Å². The summed E-state index contributed by atoms with van der Waals surface area (Å²) in [5.41, 5.74) is 2.64. The molecule has 2 unspecified atom stereocenters. The lowest BCUT2D eigenvalue weighted by atomic mass is 9.77. The third-order valence-electron chi connectivity index (χ3n) is 4.97. The van der Waals surface area contributed by atoms with E-state index in [1.807, 2.05) is 0 Å². The Morgan fingerprint density at radius 2 is 2.05 bits per heavy atom. The summed E-state index contributed by atoms with van der Waals surface area (Å²) in [5.74, 6) is 0.200. The maximum absolute atomic E-state index is 12.2. The molecule has 4 atom stereocenters. The first-order valence-corrected chi connectivity index (χ1v) is 7.65. The topological polar surface area (TPSA) is 38.3 Å². The summed E-state index contributed by atoms with van der Waals surface area (Å²) in [6.07, 6.45) is 4.37. The van der Waals surface area contributed by atoms with Gasteiger partial charge in [0.05, 0.1) is 13.0 Å². The number of hydrogen-bond acceptors (Lipinski definition) is 3. The van der Waals surface area contributed by atoms with Crippen molar-refractivity contribution in [3.63, 3.8) is 0 Å². The SMILES string of the molecule is CCc1ccc([C@H]2C[C@H]3CCC(N3)C2C(=O)OC)cc1. The molecule has 3 nitrogen and oxygen atoms in total. The van der Waals surface area contributed by atoms with Gasteiger partial charge in [-0.05, 0) is 36.8 Å². The first kappa shape index (κ1) is 13.6. The minimum atomic E-state index is -0.0626. The van der Waals surface area contributed by atoms with Crippen molar-refractivity contribution in [1.29, 1.82) is 0 Å². The Morgan fingerprint density at radius 3 is 2.70 bits per heavy atom. The van der Waals surface area contributed by atoms with Crippen LogP contribution in [0.25, 0.3) is 0 Å². The molecule has 0 radical (unpaired) electrons. The smallest absolute Gasteiger partial charge is 0.310 e. The van der Waals surface area contributed by atoms with Crippen molar-refractivity contribution in [3.05, 3.63) is 35.4 Å². The van der Waals surface area contributed by atoms with Gasteiger partial charge >= 0.3 is 5.97 Å². The van der Waals surface area contributed by atoms with Crippen LogP contribution in [0, 0.1) is 5.92 Å². The summed E-state index contributed by atoms with van der Waals surface area (Å²) < 4.78 is 5.06. The Balaban J connectivity index is 1.89. The summed E-state index contributed by atoms with van der Waals surface area (Å²) in [7, 11) is 1.50. The highest BCUT2D eigenvalue weighted by atomic mass is 16.5. The summed E-state index contributed by atoms with van der Waals surface area (Å²) >= 11 is 0. The Labute approximate surface area is 120 Å². The fraction of sp³-hybridized carbons (Fsp3) is 0.588. The quantitative estimate of drug-likeness (QED) is 0.860. The number of nitrogens with one attached hydrogen (secondary N) is 1. The van der Waals surface area contributed by atoms with Gasteiger partial charge in [0.1, 0.15) is 0 Å². The van der Waals surface area contributed by atoms with Gasteiger partial charge in [-0.1, -0.05) is 31.2 Å². The van der Waals surface area contributed by atoms with Crippen LogP contribution < -0.4 is 5.32 Å². The van der Waals surface area contributed by atoms with Crippen molar-refractivity contribution >= 4 is 5.97 Å². The van der Waals surface area contributed by atoms with Gasteiger partial charge in [0, 0.05) is 18.0 Å². The lowest BCUT2D eigenvalue weighted by molar-refractivity contribution is -0.148. The number of benzene rings is 1. The molecule has 108 valence electrons. The third-order valence-corrected chi connectivity index (χ3v) is 4.97. The van der Waals surface area contributed by atoms with E-state index in [9.17, 15) is 4.79 Å². The molecular weight excluding hydrogens is 250 g/mol. The maximum Gasteiger partial charge on any atom is 0.310 e. The van der Waals surface area contributed by atoms with Crippen LogP contribution in [-0.4, -0.2) is 25.2 Å². The van der Waals surface area contributed by atoms with E-state index in [2.05, 4.69) is 36.5 Å². The zero-order valence-electron chi connectivity index (χ0n) is 12.3. The predicted octanol–water partition coefficient (Wildman–Crippen LogP) is 2.65. The van der Waals surface area contributed by atoms with E-state index in [-0.39, 0.29) is 17.9 Å². The highest BCUT2D eigenvalue weighted by molar-refractivity contribution is 5.75. The van der Waals surface area contributed by atoms with E-state index in [0.717, 1.165) is 19.3 Å². The van der Waals surface area contributed by atoms with Crippen LogP contribution in [0.4, 0.5) is 0 Å². The zero-order chi connectivity index (χ0) is 14.1. The minimum absolute atomic E-state index is 0.0359. The Kier molecular flexibility index (Phi) is 3.79. The number of esters is 1. The second-order valence-electron chi connectivity index (χ2n) is 6.03. The van der Waals surface area contributed by atoms with E-state index in [1.165, 1.54) is 24.7 Å². The van der Waals surface area contributed by atoms with Gasteiger partial charge in [0.2, 0.25) is 0 Å². The lowest BCUT2D eigenvalue weighted by Crippen LogP contribution is -2.48. The first-order valence-electron chi connectivity index (χ1n) is 7.65. The van der Waals surface area contributed by atoms with Crippen LogP contribution in [0.5, 0.6) is 0 Å². The fourth-order valence-corrected chi connectivity index (χ4v) is 3.86. The van der Waals surface area contributed by atoms with E-state index < -0.39 is 0 Å². The monoisotopic (exact) mass is 273 g/mol. The molecule has 3 heteroatoms. The standard InChI is InChI=1S/C17H23NO2/c1-3-11-4-6-12(7-5-11)14-10-13-8-9-15(18-13)16(14)17(19)20-2/h4-7,13-16,18H,3,8-10H2,1-2H3/t13-,14-,15?,16?/m1/s1. The van der Waals surface area contributed by atoms with Crippen molar-refractivity contribution in [2.45, 2.75) is 50.6 Å². The summed E-state index contributed by atoms with van der Waals surface area (Å²) in [6, 6.07) is 9.63. The normalized spacial score (nSPS) is 32.1. The molecule has 2 aliphatic rings. The van der Waals surface area contributed by atoms with E-state index in [1.54, 1.807) is 0 Å². The molecule has 0 spiro atoms. The van der Waals surface area contributed by atoms with Gasteiger partial charge in [-0.15, -0.1) is 0 Å². The Hall–Kier alpha value is -1.35. The molecule has 0 saturated carbocycles. The van der Waals surface area contributed by atoms with Crippen LogP contribution in [0.2, 0.25) is 0 Å². The molecule has 0 aromatic heterocycles. The van der Waals surface area contributed by atoms with Gasteiger partial charge < -0.3 is 10.1 Å². The molecule has 3 rings (SSSR count). The largest absolute Gasteiger partial charge is 0.469 e. The molecule has 1 aromatic rings. The van der Waals surface area contributed by atoms with Crippen LogP contribution in [-0.2, 0) is 16.0 Å². The van der Waals surface area contributed by atoms with E-state index in [4.69, 9.17) is 4.74 Å². The number of hydrogen-bond donors (Lipinski definition) is 1. The average Bonchev–Trinajstić information content (AvgIpc) is 2.88. The molecule has 0 aliphatic carbocycles. The summed E-state index contributed by atoms with van der Waals surface area (Å²) in [5, 5.41) is 3.58. The van der Waals surface area contributed by atoms with Crippen molar-refractivity contribution in [2.24, 2.45) is 5.92 Å². The highest BCUT2D eigenvalue weighted by Gasteiger charge is 2.46. The zero-order valence-corrected chi connectivity index (χ0v) is 12.3. The van der Waals surface area contributed by atoms with Crippen molar-refractivity contribution in [3.8, 4) is 0 Å². The summed E-state index contributed by atoms with van der Waals surface area (Å²) in [6.45, 7) is 2.16. The van der Waals surface area contributed by atoms with Crippen LogP contribution in [0.1, 0.15) is 43.2 Å². The van der Waals surface area contributed by atoms with Crippen LogP contribution >= 0.6 is 0 Å². The third kappa shape index (κ3) is 2.35. The van der Waals surface area contributed by atoms with Crippen molar-refractivity contribution < 1.29 is 9.53 Å². The van der Waals surface area contributed by atoms with Gasteiger partial charge in [-0.3, -0.25) is 4.79 Å². The number of fused-ring (bicyclic) bond motifs is 2. The molecule has 1 N–H and O–H groups in total. The van der Waals surface area contributed by atoms with Gasteiger partial charge in [0.25, 0.3) is 0 Å². The maximum atomic E-state index is 12.2. The number of carbonyl (C=O) groups is 1. The molecule has 20 heavy (non-hydrogen) atoms. The molecule has 2 fully saturated rings. The lowest BCUT2D eigenvalue weighted by Gasteiger charge is -2.36. The number of ether oxygens (including phenoxy) is 1. The van der Waals surface area contributed by atoms with Gasteiger partial charge in [-0.2, -0.15) is 0 Å². The number of aryl methyl sites for hydroxylation is 1. The Bertz CT molecular complexity index is 482. The molecular formula is C17H23NO2. The van der Waals surface area contributed by atoms with Crippen LogP contribution in [0.15, 0.2) is 24.3 Å². The Morgan fingerprint density at radius 1 is 1.30 bits per heavy atom. The average molecular weight is 273 g/mol. The highest BCUT2D eigenvalue weighted by Crippen LogP contribution is 2.42. The van der Waals surface area contributed by atoms with Crippen molar-refractivity contribution in [2.75, 3.05) is 7.11 Å². The van der Waals surface area contributed by atoms with Gasteiger partial charge in [0.15, 0.2) is 0 Å². The number of rotatable bonds is 3. The number of carbonyl (C=O) groups excluding carboxylic acids is 1. The minimum Gasteiger partial charge on any atom is -0.469 e. The predicted molar refractivity (Wildman–Crippen MR) is 78.6 cm³/mol. The number of piperidine rings is 1. The second kappa shape index (κ2) is 5.57. The number of methoxy groups -OCH3 is 1.